The van der Waals surface area contributed by atoms with Gasteiger partial charge in [0.2, 0.25) is 0 Å². The lowest BCUT2D eigenvalue weighted by Crippen LogP contribution is -2.44. The Morgan fingerprint density at radius 3 is 1.96 bits per heavy atom. The zero-order valence-electron chi connectivity index (χ0n) is 17.2. The molecule has 0 aliphatic heterocycles. The van der Waals surface area contributed by atoms with E-state index < -0.39 is 6.10 Å². The van der Waals surface area contributed by atoms with Crippen LogP contribution in [0.2, 0.25) is 0 Å². The number of hydrogen-bond acceptors (Lipinski definition) is 6. The second-order valence-corrected chi connectivity index (χ2v) is 8.48. The highest BCUT2D eigenvalue weighted by Crippen LogP contribution is 2.27. The maximum Gasteiger partial charge on any atom is 0.104 e. The molecule has 0 heterocycles. The van der Waals surface area contributed by atoms with Crippen molar-refractivity contribution in [1.82, 2.24) is 0 Å². The summed E-state index contributed by atoms with van der Waals surface area (Å²) in [5.74, 6) is 0. The van der Waals surface area contributed by atoms with Crippen LogP contribution in [0.4, 0.5) is 0 Å². The van der Waals surface area contributed by atoms with Crippen LogP contribution in [-0.4, -0.2) is 70.1 Å². The Balaban J connectivity index is 3.88. The van der Waals surface area contributed by atoms with Crippen molar-refractivity contribution < 1.29 is 24.1 Å². The highest BCUT2D eigenvalue weighted by molar-refractivity contribution is 4.82. The Morgan fingerprint density at radius 1 is 0.923 bits per heavy atom. The number of rotatable bonds is 14. The average molecular weight is 376 g/mol. The first kappa shape index (κ1) is 25.1. The maximum absolute atomic E-state index is 10.4. The molecule has 0 spiro atoms. The summed E-state index contributed by atoms with van der Waals surface area (Å²) in [6.07, 6.45) is -0.992. The van der Waals surface area contributed by atoms with Gasteiger partial charge in [0.05, 0.1) is 52.4 Å². The Hall–Kier alpha value is -0.890. The summed E-state index contributed by atoms with van der Waals surface area (Å²) < 4.78 is 22.1. The van der Waals surface area contributed by atoms with Gasteiger partial charge < -0.3 is 24.1 Å². The van der Waals surface area contributed by atoms with Gasteiger partial charge in [-0.15, -0.1) is 0 Å². The van der Waals surface area contributed by atoms with Gasteiger partial charge in [-0.2, -0.15) is 0 Å². The van der Waals surface area contributed by atoms with Crippen LogP contribution in [0, 0.1) is 10.8 Å². The van der Waals surface area contributed by atoms with E-state index >= 15 is 0 Å². The van der Waals surface area contributed by atoms with E-state index in [4.69, 9.17) is 24.5 Å². The van der Waals surface area contributed by atoms with E-state index in [1.807, 2.05) is 0 Å². The third-order valence-electron chi connectivity index (χ3n) is 3.33. The molecule has 0 fully saturated rings. The van der Waals surface area contributed by atoms with Crippen molar-refractivity contribution in [3.05, 3.63) is 10.4 Å². The summed E-state index contributed by atoms with van der Waals surface area (Å²) in [6.45, 7) is 15.7. The van der Waals surface area contributed by atoms with Gasteiger partial charge in [-0.25, -0.2) is 0 Å². The fraction of sp³-hybridized carbons (Fsp3) is 1.00. The lowest BCUT2D eigenvalue weighted by atomic mass is 9.85. The Labute approximate surface area is 157 Å². The van der Waals surface area contributed by atoms with E-state index in [0.717, 1.165) is 0 Å². The van der Waals surface area contributed by atoms with Gasteiger partial charge in [-0.3, -0.25) is 0 Å². The first-order chi connectivity index (χ1) is 12.1. The molecule has 0 aliphatic carbocycles. The van der Waals surface area contributed by atoms with E-state index in [0.29, 0.717) is 46.2 Å². The molecular weight excluding hydrogens is 338 g/mol. The molecule has 0 saturated heterocycles. The SMILES string of the molecule is CC(C)(C)COC(C(O)COCCOCCOCCN=[N+]=[N-])C(C)(C)C. The molecule has 0 radical (unpaired) electrons. The molecule has 0 aromatic carbocycles. The van der Waals surface area contributed by atoms with Crippen LogP contribution in [0.25, 0.3) is 10.4 Å². The fourth-order valence-corrected chi connectivity index (χ4v) is 2.16. The zero-order chi connectivity index (χ0) is 20.1. The van der Waals surface area contributed by atoms with Crippen LogP contribution in [-0.2, 0) is 18.9 Å². The van der Waals surface area contributed by atoms with Crippen LogP contribution in [0.5, 0.6) is 0 Å². The molecule has 0 aromatic heterocycles. The molecule has 0 rings (SSSR count). The lowest BCUT2D eigenvalue weighted by molar-refractivity contribution is -0.130. The summed E-state index contributed by atoms with van der Waals surface area (Å²) in [5, 5.41) is 13.8. The third-order valence-corrected chi connectivity index (χ3v) is 3.33. The summed E-state index contributed by atoms with van der Waals surface area (Å²) in [4.78, 5) is 2.64. The molecule has 0 saturated carbocycles. The first-order valence-corrected chi connectivity index (χ1v) is 9.11. The molecule has 0 aliphatic rings. The molecule has 0 amide bonds. The number of hydrogen-bond donors (Lipinski definition) is 1. The fourth-order valence-electron chi connectivity index (χ4n) is 2.16. The van der Waals surface area contributed by atoms with E-state index in [2.05, 4.69) is 51.6 Å². The molecule has 8 heteroatoms. The van der Waals surface area contributed by atoms with Gasteiger partial charge in [0.1, 0.15) is 6.10 Å². The first-order valence-electron chi connectivity index (χ1n) is 9.11. The van der Waals surface area contributed by atoms with Gasteiger partial charge >= 0.3 is 0 Å². The molecule has 154 valence electrons. The van der Waals surface area contributed by atoms with Crippen molar-refractivity contribution in [2.75, 3.05) is 52.8 Å². The number of aliphatic hydroxyl groups is 1. The van der Waals surface area contributed by atoms with Crippen molar-refractivity contribution in [1.29, 1.82) is 0 Å². The Bertz CT molecular complexity index is 401. The minimum absolute atomic E-state index is 0.0426. The van der Waals surface area contributed by atoms with Gasteiger partial charge in [0.25, 0.3) is 0 Å². The van der Waals surface area contributed by atoms with E-state index in [1.165, 1.54) is 0 Å². The second kappa shape index (κ2) is 13.3. The van der Waals surface area contributed by atoms with Gasteiger partial charge in [0.15, 0.2) is 0 Å². The minimum Gasteiger partial charge on any atom is -0.388 e. The lowest BCUT2D eigenvalue weighted by Gasteiger charge is -2.36. The molecular formula is C18H37N3O5. The molecule has 2 unspecified atom stereocenters. The summed E-state index contributed by atoms with van der Waals surface area (Å²) >= 11 is 0. The highest BCUT2D eigenvalue weighted by atomic mass is 16.5. The van der Waals surface area contributed by atoms with Gasteiger partial charge in [0, 0.05) is 11.5 Å². The minimum atomic E-state index is -0.693. The monoisotopic (exact) mass is 375 g/mol. The molecule has 0 bridgehead atoms. The molecule has 1 N–H and O–H groups in total. The molecule has 2 atom stereocenters. The number of azide groups is 1. The average Bonchev–Trinajstić information content (AvgIpc) is 2.50. The van der Waals surface area contributed by atoms with Crippen molar-refractivity contribution in [2.45, 2.75) is 53.8 Å². The Morgan fingerprint density at radius 2 is 1.46 bits per heavy atom. The predicted octanol–water partition coefficient (Wildman–Crippen LogP) is 3.18. The van der Waals surface area contributed by atoms with Crippen LogP contribution in [0.1, 0.15) is 41.5 Å². The van der Waals surface area contributed by atoms with Crippen molar-refractivity contribution in [3.8, 4) is 0 Å². The predicted molar refractivity (Wildman–Crippen MR) is 101 cm³/mol. The smallest absolute Gasteiger partial charge is 0.104 e. The molecule has 8 nitrogen and oxygen atoms in total. The third kappa shape index (κ3) is 14.3. The van der Waals surface area contributed by atoms with E-state index in [9.17, 15) is 5.11 Å². The molecule has 0 aromatic rings. The van der Waals surface area contributed by atoms with Crippen LogP contribution in [0.3, 0.4) is 0 Å². The largest absolute Gasteiger partial charge is 0.388 e. The van der Waals surface area contributed by atoms with Gasteiger partial charge in [-0.05, 0) is 16.4 Å². The maximum atomic E-state index is 10.4. The van der Waals surface area contributed by atoms with Crippen LogP contribution in [0.15, 0.2) is 5.11 Å². The van der Waals surface area contributed by atoms with Crippen LogP contribution >= 0.6 is 0 Å². The van der Waals surface area contributed by atoms with Crippen molar-refractivity contribution in [2.24, 2.45) is 15.9 Å². The summed E-state index contributed by atoms with van der Waals surface area (Å²) in [7, 11) is 0. The van der Waals surface area contributed by atoms with Crippen molar-refractivity contribution in [3.63, 3.8) is 0 Å². The number of aliphatic hydroxyl groups excluding tert-OH is 1. The van der Waals surface area contributed by atoms with E-state index in [-0.39, 0.29) is 23.5 Å². The number of ether oxygens (including phenoxy) is 4. The standard InChI is InChI=1S/C18H37N3O5/c1-17(2,3)14-26-16(18(4,5)6)15(22)13-25-12-11-24-10-9-23-8-7-20-21-19/h15-16,22H,7-14H2,1-6H3. The highest BCUT2D eigenvalue weighted by Gasteiger charge is 2.33. The quantitative estimate of drug-likeness (QED) is 0.217. The number of nitrogens with zero attached hydrogens (tertiary/aromatic N) is 3. The van der Waals surface area contributed by atoms with Crippen molar-refractivity contribution >= 4 is 0 Å². The van der Waals surface area contributed by atoms with E-state index in [1.54, 1.807) is 0 Å². The molecule has 26 heavy (non-hydrogen) atoms. The second-order valence-electron chi connectivity index (χ2n) is 8.48. The summed E-state index contributed by atoms with van der Waals surface area (Å²) in [5.41, 5.74) is 7.97. The van der Waals surface area contributed by atoms with Crippen LogP contribution < -0.4 is 0 Å². The Kier molecular flexibility index (Phi) is 12.8. The van der Waals surface area contributed by atoms with Gasteiger partial charge in [-0.1, -0.05) is 46.7 Å². The normalized spacial score (nSPS) is 14.7. The summed E-state index contributed by atoms with van der Waals surface area (Å²) in [6, 6.07) is 0. The zero-order valence-corrected chi connectivity index (χ0v) is 17.2. The topological polar surface area (TPSA) is 106 Å².